The Balaban J connectivity index is 2.07. The van der Waals surface area contributed by atoms with Crippen LogP contribution in [-0.4, -0.2) is 12.9 Å². The predicted molar refractivity (Wildman–Crippen MR) is 72.4 cm³/mol. The predicted octanol–water partition coefficient (Wildman–Crippen LogP) is 3.53. The van der Waals surface area contributed by atoms with Crippen LogP contribution in [0.1, 0.15) is 37.3 Å². The highest BCUT2D eigenvalue weighted by Crippen LogP contribution is 2.36. The summed E-state index contributed by atoms with van der Waals surface area (Å²) in [5, 5.41) is 0. The van der Waals surface area contributed by atoms with E-state index in [0.717, 1.165) is 29.8 Å². The number of carbonyl (C=O) groups excluding carboxylic acids is 1. The fourth-order valence-corrected chi connectivity index (χ4v) is 3.36. The summed E-state index contributed by atoms with van der Waals surface area (Å²) >= 11 is 1.53. The third kappa shape index (κ3) is 1.89. The molecule has 2 nitrogen and oxygen atoms in total. The van der Waals surface area contributed by atoms with Crippen LogP contribution >= 0.6 is 11.3 Å². The number of ether oxygens (including phenoxy) is 1. The molecular weight excluding hydrogens is 244 g/mol. The molecule has 2 aromatic rings. The first-order valence-electron chi connectivity index (χ1n) is 6.04. The van der Waals surface area contributed by atoms with Crippen molar-refractivity contribution in [3.05, 3.63) is 56.8 Å². The molecule has 0 saturated heterocycles. The van der Waals surface area contributed by atoms with Crippen molar-refractivity contribution < 1.29 is 9.53 Å². The highest BCUT2D eigenvalue weighted by Gasteiger charge is 2.24. The minimum absolute atomic E-state index is 0.0140. The summed E-state index contributed by atoms with van der Waals surface area (Å²) in [6.45, 7) is 2.79. The molecule has 1 aliphatic heterocycles. The van der Waals surface area contributed by atoms with Gasteiger partial charge in [0.05, 0.1) is 11.5 Å². The second-order valence-electron chi connectivity index (χ2n) is 4.48. The zero-order valence-electron chi connectivity index (χ0n) is 10.2. The molecule has 1 unspecified atom stereocenters. The minimum atomic E-state index is -0.0140. The summed E-state index contributed by atoms with van der Waals surface area (Å²) in [7, 11) is 0. The number of benzene rings is 1. The van der Waals surface area contributed by atoms with E-state index in [4.69, 9.17) is 4.74 Å². The fraction of sp³-hybridized carbons (Fsp3) is 0.267. The van der Waals surface area contributed by atoms with Gasteiger partial charge < -0.3 is 4.74 Å². The summed E-state index contributed by atoms with van der Waals surface area (Å²) in [6, 6.07) is 10.4. The lowest BCUT2D eigenvalue weighted by Crippen LogP contribution is -2.17. The normalized spacial score (nSPS) is 18.4. The van der Waals surface area contributed by atoms with Crippen molar-refractivity contribution in [2.75, 3.05) is 6.61 Å². The maximum Gasteiger partial charge on any atom is 0.160 e. The van der Waals surface area contributed by atoms with Crippen LogP contribution in [0.2, 0.25) is 0 Å². The van der Waals surface area contributed by atoms with E-state index in [1.807, 2.05) is 19.1 Å². The van der Waals surface area contributed by atoms with Gasteiger partial charge in [-0.1, -0.05) is 24.3 Å². The molecule has 18 heavy (non-hydrogen) atoms. The minimum Gasteiger partial charge on any atom is -0.368 e. The second-order valence-corrected chi connectivity index (χ2v) is 5.77. The van der Waals surface area contributed by atoms with Crippen LogP contribution in [0.25, 0.3) is 0 Å². The fourth-order valence-electron chi connectivity index (χ4n) is 2.49. The Morgan fingerprint density at radius 3 is 2.94 bits per heavy atom. The van der Waals surface area contributed by atoms with Crippen molar-refractivity contribution in [1.29, 1.82) is 0 Å². The van der Waals surface area contributed by atoms with Gasteiger partial charge in [0.25, 0.3) is 0 Å². The summed E-state index contributed by atoms with van der Waals surface area (Å²) < 4.78 is 5.92. The molecule has 3 rings (SSSR count). The number of rotatable bonds is 2. The first-order valence-corrected chi connectivity index (χ1v) is 6.86. The largest absolute Gasteiger partial charge is 0.368 e. The van der Waals surface area contributed by atoms with Crippen LogP contribution in [0.15, 0.2) is 30.3 Å². The summed E-state index contributed by atoms with van der Waals surface area (Å²) in [5.41, 5.74) is 3.73. The van der Waals surface area contributed by atoms with Gasteiger partial charge in [-0.3, -0.25) is 4.79 Å². The highest BCUT2D eigenvalue weighted by molar-refractivity contribution is 7.13. The summed E-state index contributed by atoms with van der Waals surface area (Å²) in [4.78, 5) is 12.8. The number of fused-ring (bicyclic) bond motifs is 1. The Morgan fingerprint density at radius 1 is 1.33 bits per heavy atom. The van der Waals surface area contributed by atoms with Crippen molar-refractivity contribution in [3.63, 3.8) is 0 Å². The van der Waals surface area contributed by atoms with Crippen molar-refractivity contribution in [2.45, 2.75) is 19.4 Å². The molecule has 0 saturated carbocycles. The maximum absolute atomic E-state index is 10.9. The molecule has 92 valence electrons. The third-order valence-electron chi connectivity index (χ3n) is 3.37. The van der Waals surface area contributed by atoms with Gasteiger partial charge in [0, 0.05) is 4.88 Å². The lowest BCUT2D eigenvalue weighted by Gasteiger charge is -2.26. The number of aldehydes is 1. The van der Waals surface area contributed by atoms with Crippen LogP contribution in [0.5, 0.6) is 0 Å². The molecule has 0 aliphatic carbocycles. The standard InChI is InChI=1S/C15H14O2S/c1-10-14(8-12(9-16)18-10)15-13-5-3-2-4-11(13)6-7-17-15/h2-5,8-9,15H,6-7H2,1H3. The van der Waals surface area contributed by atoms with E-state index >= 15 is 0 Å². The van der Waals surface area contributed by atoms with E-state index in [2.05, 4.69) is 18.2 Å². The first kappa shape index (κ1) is 11.6. The van der Waals surface area contributed by atoms with E-state index in [1.165, 1.54) is 27.3 Å². The molecular formula is C15H14O2S. The zero-order valence-corrected chi connectivity index (χ0v) is 11.0. The lowest BCUT2D eigenvalue weighted by molar-refractivity contribution is 0.0697. The Morgan fingerprint density at radius 2 is 2.17 bits per heavy atom. The molecule has 0 N–H and O–H groups in total. The van der Waals surface area contributed by atoms with Crippen LogP contribution in [0, 0.1) is 6.92 Å². The van der Waals surface area contributed by atoms with E-state index in [9.17, 15) is 4.79 Å². The number of hydrogen-bond acceptors (Lipinski definition) is 3. The number of hydrogen-bond donors (Lipinski definition) is 0. The third-order valence-corrected chi connectivity index (χ3v) is 4.36. The van der Waals surface area contributed by atoms with Gasteiger partial charge in [-0.25, -0.2) is 0 Å². The van der Waals surface area contributed by atoms with Crippen LogP contribution in [0.3, 0.4) is 0 Å². The van der Waals surface area contributed by atoms with Crippen LogP contribution in [-0.2, 0) is 11.2 Å². The van der Waals surface area contributed by atoms with E-state index in [-0.39, 0.29) is 6.10 Å². The molecule has 0 bridgehead atoms. The van der Waals surface area contributed by atoms with Gasteiger partial charge in [-0.05, 0) is 36.1 Å². The summed E-state index contributed by atoms with van der Waals surface area (Å²) in [6.07, 6.45) is 1.87. The molecule has 2 heterocycles. The Hall–Kier alpha value is -1.45. The van der Waals surface area contributed by atoms with Crippen molar-refractivity contribution >= 4 is 17.6 Å². The van der Waals surface area contributed by atoms with Crippen LogP contribution < -0.4 is 0 Å². The number of aryl methyl sites for hydroxylation is 1. The molecule has 1 aliphatic rings. The number of thiophene rings is 1. The average Bonchev–Trinajstić information content (AvgIpc) is 2.79. The molecule has 0 amide bonds. The van der Waals surface area contributed by atoms with Gasteiger partial charge in [0.2, 0.25) is 0 Å². The molecule has 0 fully saturated rings. The highest BCUT2D eigenvalue weighted by atomic mass is 32.1. The monoisotopic (exact) mass is 258 g/mol. The molecule has 1 aromatic heterocycles. The number of carbonyl (C=O) groups is 1. The van der Waals surface area contributed by atoms with E-state index in [1.54, 1.807) is 0 Å². The van der Waals surface area contributed by atoms with Crippen molar-refractivity contribution in [3.8, 4) is 0 Å². The quantitative estimate of drug-likeness (QED) is 0.770. The maximum atomic E-state index is 10.9. The Kier molecular flexibility index (Phi) is 3.02. The zero-order chi connectivity index (χ0) is 12.5. The van der Waals surface area contributed by atoms with E-state index in [0.29, 0.717) is 0 Å². The summed E-state index contributed by atoms with van der Waals surface area (Å²) in [5.74, 6) is 0. The van der Waals surface area contributed by atoms with Crippen molar-refractivity contribution in [1.82, 2.24) is 0 Å². The van der Waals surface area contributed by atoms with Gasteiger partial charge in [-0.15, -0.1) is 11.3 Å². The topological polar surface area (TPSA) is 26.3 Å². The molecule has 3 heteroatoms. The molecule has 1 atom stereocenters. The van der Waals surface area contributed by atoms with Gasteiger partial charge in [-0.2, -0.15) is 0 Å². The smallest absolute Gasteiger partial charge is 0.160 e. The van der Waals surface area contributed by atoms with Gasteiger partial charge >= 0.3 is 0 Å². The second kappa shape index (κ2) is 4.67. The molecule has 0 spiro atoms. The Bertz CT molecular complexity index is 586. The SMILES string of the molecule is Cc1sc(C=O)cc1C1OCCc2ccccc21. The average molecular weight is 258 g/mol. The van der Waals surface area contributed by atoms with Gasteiger partial charge in [0.1, 0.15) is 6.10 Å². The van der Waals surface area contributed by atoms with Gasteiger partial charge in [0.15, 0.2) is 6.29 Å². The Labute approximate surface area is 110 Å². The molecule has 0 radical (unpaired) electrons. The van der Waals surface area contributed by atoms with Crippen molar-refractivity contribution in [2.24, 2.45) is 0 Å². The lowest BCUT2D eigenvalue weighted by atomic mass is 9.93. The van der Waals surface area contributed by atoms with Crippen LogP contribution in [0.4, 0.5) is 0 Å². The molecule has 1 aromatic carbocycles. The first-order chi connectivity index (χ1) is 8.79. The van der Waals surface area contributed by atoms with E-state index < -0.39 is 0 Å².